The molecule has 0 fully saturated rings. The van der Waals surface area contributed by atoms with Gasteiger partial charge in [-0.2, -0.15) is 0 Å². The number of halogens is 1. The first-order valence-corrected chi connectivity index (χ1v) is 5.06. The minimum absolute atomic E-state index is 0.395. The monoisotopic (exact) mass is 197 g/mol. The van der Waals surface area contributed by atoms with Gasteiger partial charge in [0.25, 0.3) is 0 Å². The minimum atomic E-state index is 0.395. The molecule has 1 aromatic heterocycles. The fraction of sp³-hybridized carbons (Fsp3) is 0.545. The van der Waals surface area contributed by atoms with E-state index in [1.807, 2.05) is 12.1 Å². The lowest BCUT2D eigenvalue weighted by Gasteiger charge is -2.11. The van der Waals surface area contributed by atoms with Crippen LogP contribution >= 0.6 is 11.6 Å². The highest BCUT2D eigenvalue weighted by molar-refractivity contribution is 6.31. The Labute approximate surface area is 85.1 Å². The van der Waals surface area contributed by atoms with E-state index in [1.165, 1.54) is 0 Å². The van der Waals surface area contributed by atoms with Gasteiger partial charge in [-0.15, -0.1) is 0 Å². The molecule has 1 aromatic rings. The Morgan fingerprint density at radius 1 is 1.08 bits per heavy atom. The first-order chi connectivity index (χ1) is 6.02. The van der Waals surface area contributed by atoms with Crippen molar-refractivity contribution in [1.29, 1.82) is 0 Å². The van der Waals surface area contributed by atoms with Gasteiger partial charge in [-0.25, -0.2) is 0 Å². The fourth-order valence-electron chi connectivity index (χ4n) is 1.20. The van der Waals surface area contributed by atoms with Crippen molar-refractivity contribution in [3.63, 3.8) is 0 Å². The predicted molar refractivity (Wildman–Crippen MR) is 57.4 cm³/mol. The molecule has 0 saturated heterocycles. The standard InChI is InChI=1S/C11H16ClN/c1-7(2)10-6-5-9(12)11(13-10)8(3)4/h5-8H,1-4H3. The Balaban J connectivity index is 3.11. The van der Waals surface area contributed by atoms with Gasteiger partial charge in [0.05, 0.1) is 10.7 Å². The largest absolute Gasteiger partial charge is 0.256 e. The van der Waals surface area contributed by atoms with Crippen LogP contribution in [0, 0.1) is 0 Å². The Kier molecular flexibility index (Phi) is 3.32. The maximum Gasteiger partial charge on any atom is 0.0624 e. The van der Waals surface area contributed by atoms with Gasteiger partial charge in [0.15, 0.2) is 0 Å². The lowest BCUT2D eigenvalue weighted by molar-refractivity contribution is 0.765. The van der Waals surface area contributed by atoms with Crippen LogP contribution in [0.25, 0.3) is 0 Å². The predicted octanol–water partition coefficient (Wildman–Crippen LogP) is 3.98. The van der Waals surface area contributed by atoms with E-state index >= 15 is 0 Å². The van der Waals surface area contributed by atoms with E-state index in [0.717, 1.165) is 16.4 Å². The zero-order valence-electron chi connectivity index (χ0n) is 8.63. The summed E-state index contributed by atoms with van der Waals surface area (Å²) >= 11 is 6.03. The van der Waals surface area contributed by atoms with Crippen molar-refractivity contribution >= 4 is 11.6 Å². The Hall–Kier alpha value is -0.560. The lowest BCUT2D eigenvalue weighted by Crippen LogP contribution is -1.99. The quantitative estimate of drug-likeness (QED) is 0.699. The maximum absolute atomic E-state index is 6.03. The van der Waals surface area contributed by atoms with E-state index in [0.29, 0.717) is 11.8 Å². The molecule has 1 rings (SSSR count). The Bertz CT molecular complexity index is 292. The van der Waals surface area contributed by atoms with Crippen molar-refractivity contribution in [2.75, 3.05) is 0 Å². The second-order valence-corrected chi connectivity index (χ2v) is 4.32. The average molecular weight is 198 g/mol. The highest BCUT2D eigenvalue weighted by Crippen LogP contribution is 2.24. The van der Waals surface area contributed by atoms with Crippen LogP contribution in [0.2, 0.25) is 5.02 Å². The van der Waals surface area contributed by atoms with E-state index < -0.39 is 0 Å². The van der Waals surface area contributed by atoms with E-state index in [1.54, 1.807) is 0 Å². The molecule has 0 aliphatic carbocycles. The molecule has 72 valence electrons. The molecular weight excluding hydrogens is 182 g/mol. The van der Waals surface area contributed by atoms with Gasteiger partial charge < -0.3 is 0 Å². The Morgan fingerprint density at radius 3 is 2.15 bits per heavy atom. The molecule has 0 radical (unpaired) electrons. The highest BCUT2D eigenvalue weighted by Gasteiger charge is 2.09. The van der Waals surface area contributed by atoms with Gasteiger partial charge in [0.2, 0.25) is 0 Å². The second kappa shape index (κ2) is 4.10. The van der Waals surface area contributed by atoms with Gasteiger partial charge in [-0.05, 0) is 24.0 Å². The number of aromatic nitrogens is 1. The van der Waals surface area contributed by atoms with Gasteiger partial charge in [0, 0.05) is 5.69 Å². The van der Waals surface area contributed by atoms with Crippen LogP contribution in [0.3, 0.4) is 0 Å². The van der Waals surface area contributed by atoms with E-state index in [9.17, 15) is 0 Å². The normalized spacial score (nSPS) is 11.3. The summed E-state index contributed by atoms with van der Waals surface area (Å²) in [5.74, 6) is 0.862. The molecule has 0 bridgehead atoms. The smallest absolute Gasteiger partial charge is 0.0624 e. The number of rotatable bonds is 2. The molecule has 13 heavy (non-hydrogen) atoms. The van der Waals surface area contributed by atoms with Crippen LogP contribution < -0.4 is 0 Å². The van der Waals surface area contributed by atoms with E-state index in [2.05, 4.69) is 32.7 Å². The van der Waals surface area contributed by atoms with Crippen LogP contribution in [0.1, 0.15) is 50.9 Å². The number of hydrogen-bond acceptors (Lipinski definition) is 1. The zero-order valence-corrected chi connectivity index (χ0v) is 9.39. The maximum atomic E-state index is 6.03. The third-order valence-corrected chi connectivity index (χ3v) is 2.35. The van der Waals surface area contributed by atoms with Crippen molar-refractivity contribution in [1.82, 2.24) is 4.98 Å². The molecule has 1 nitrogen and oxygen atoms in total. The van der Waals surface area contributed by atoms with E-state index in [4.69, 9.17) is 11.6 Å². The molecule has 0 atom stereocenters. The molecule has 0 spiro atoms. The van der Waals surface area contributed by atoms with Crippen LogP contribution in [-0.4, -0.2) is 4.98 Å². The van der Waals surface area contributed by atoms with Crippen LogP contribution in [0.5, 0.6) is 0 Å². The first-order valence-electron chi connectivity index (χ1n) is 4.68. The fourth-order valence-corrected chi connectivity index (χ4v) is 1.52. The van der Waals surface area contributed by atoms with Crippen molar-refractivity contribution in [3.8, 4) is 0 Å². The zero-order chi connectivity index (χ0) is 10.0. The lowest BCUT2D eigenvalue weighted by atomic mass is 10.1. The molecule has 0 aliphatic rings. The van der Waals surface area contributed by atoms with Crippen molar-refractivity contribution in [3.05, 3.63) is 28.5 Å². The van der Waals surface area contributed by atoms with Crippen molar-refractivity contribution in [2.45, 2.75) is 39.5 Å². The Morgan fingerprint density at radius 2 is 1.69 bits per heavy atom. The molecule has 0 saturated carbocycles. The summed E-state index contributed by atoms with van der Waals surface area (Å²) in [5, 5.41) is 0.777. The average Bonchev–Trinajstić information content (AvgIpc) is 2.04. The minimum Gasteiger partial charge on any atom is -0.256 e. The summed E-state index contributed by atoms with van der Waals surface area (Å²) in [7, 11) is 0. The van der Waals surface area contributed by atoms with Gasteiger partial charge in [0.1, 0.15) is 0 Å². The second-order valence-electron chi connectivity index (χ2n) is 3.91. The SMILES string of the molecule is CC(C)c1ccc(Cl)c(C(C)C)n1. The van der Waals surface area contributed by atoms with Gasteiger partial charge in [-0.3, -0.25) is 4.98 Å². The summed E-state index contributed by atoms with van der Waals surface area (Å²) < 4.78 is 0. The third-order valence-electron chi connectivity index (χ3n) is 2.03. The van der Waals surface area contributed by atoms with Crippen LogP contribution in [0.4, 0.5) is 0 Å². The van der Waals surface area contributed by atoms with Crippen molar-refractivity contribution < 1.29 is 0 Å². The highest BCUT2D eigenvalue weighted by atomic mass is 35.5. The third kappa shape index (κ3) is 2.44. The molecule has 1 heterocycles. The molecule has 0 aromatic carbocycles. The number of pyridine rings is 1. The molecule has 0 unspecified atom stereocenters. The summed E-state index contributed by atoms with van der Waals surface area (Å²) in [4.78, 5) is 4.54. The summed E-state index contributed by atoms with van der Waals surface area (Å²) in [6.45, 7) is 8.50. The van der Waals surface area contributed by atoms with Crippen molar-refractivity contribution in [2.24, 2.45) is 0 Å². The van der Waals surface area contributed by atoms with Crippen LogP contribution in [0.15, 0.2) is 12.1 Å². The summed E-state index contributed by atoms with van der Waals surface area (Å²) in [6.07, 6.45) is 0. The molecular formula is C11H16ClN. The van der Waals surface area contributed by atoms with Crippen LogP contribution in [-0.2, 0) is 0 Å². The van der Waals surface area contributed by atoms with Gasteiger partial charge >= 0.3 is 0 Å². The van der Waals surface area contributed by atoms with Gasteiger partial charge in [-0.1, -0.05) is 39.3 Å². The molecule has 0 N–H and O–H groups in total. The molecule has 2 heteroatoms. The summed E-state index contributed by atoms with van der Waals surface area (Å²) in [6, 6.07) is 3.94. The number of nitrogens with zero attached hydrogens (tertiary/aromatic N) is 1. The number of hydrogen-bond donors (Lipinski definition) is 0. The van der Waals surface area contributed by atoms with E-state index in [-0.39, 0.29) is 0 Å². The molecule has 0 amide bonds. The molecule has 0 aliphatic heterocycles. The first kappa shape index (κ1) is 10.5. The topological polar surface area (TPSA) is 12.9 Å². The summed E-state index contributed by atoms with van der Waals surface area (Å²) in [5.41, 5.74) is 2.13.